The second-order valence-corrected chi connectivity index (χ2v) is 10.1. The van der Waals surface area contributed by atoms with Gasteiger partial charge < -0.3 is 9.84 Å². The Morgan fingerprint density at radius 3 is 2.09 bits per heavy atom. The van der Waals surface area contributed by atoms with Crippen molar-refractivity contribution in [3.05, 3.63) is 74.0 Å². The number of ether oxygens (including phenoxy) is 1. The van der Waals surface area contributed by atoms with Gasteiger partial charge in [0.05, 0.1) is 4.92 Å². The molecule has 0 bridgehead atoms. The van der Waals surface area contributed by atoms with E-state index in [2.05, 4.69) is 4.99 Å². The number of carbonyl (C=O) groups excluding carboxylic acids is 1. The van der Waals surface area contributed by atoms with E-state index in [0.29, 0.717) is 16.7 Å². The molecule has 0 spiro atoms. The maximum atomic E-state index is 12.5. The number of carbonyl (C=O) groups is 1. The number of aromatic hydroxyl groups is 1. The van der Waals surface area contributed by atoms with E-state index >= 15 is 0 Å². The van der Waals surface area contributed by atoms with Crippen molar-refractivity contribution < 1.29 is 19.6 Å². The zero-order chi connectivity index (χ0) is 24.0. The molecule has 168 valence electrons. The van der Waals surface area contributed by atoms with Gasteiger partial charge in [0.25, 0.3) is 5.69 Å². The van der Waals surface area contributed by atoms with E-state index in [1.54, 1.807) is 25.1 Å². The zero-order valence-corrected chi connectivity index (χ0v) is 19.4. The Morgan fingerprint density at radius 2 is 1.59 bits per heavy atom. The lowest BCUT2D eigenvalue weighted by molar-refractivity contribution is -0.385. The Kier molecular flexibility index (Phi) is 5.72. The van der Waals surface area contributed by atoms with Crippen LogP contribution in [-0.2, 0) is 20.4 Å². The van der Waals surface area contributed by atoms with Crippen molar-refractivity contribution in [2.24, 2.45) is 4.99 Å². The van der Waals surface area contributed by atoms with Crippen LogP contribution in [0.5, 0.6) is 5.75 Å². The Labute approximate surface area is 187 Å². The second-order valence-electron chi connectivity index (χ2n) is 10.1. The number of cyclic esters (lactones) is 1. The molecule has 1 aliphatic rings. The summed E-state index contributed by atoms with van der Waals surface area (Å²) in [4.78, 5) is 27.5. The van der Waals surface area contributed by atoms with Crippen LogP contribution in [0.4, 0.5) is 5.69 Å². The van der Waals surface area contributed by atoms with Gasteiger partial charge in [0.2, 0.25) is 5.90 Å². The average molecular weight is 437 g/mol. The van der Waals surface area contributed by atoms with Gasteiger partial charge in [0, 0.05) is 28.3 Å². The summed E-state index contributed by atoms with van der Waals surface area (Å²) in [6.45, 7) is 13.7. The number of nitro groups is 1. The van der Waals surface area contributed by atoms with E-state index in [1.165, 1.54) is 6.07 Å². The zero-order valence-electron chi connectivity index (χ0n) is 19.4. The fraction of sp³-hybridized carbons (Fsp3) is 0.360. The Balaban J connectivity index is 2.11. The second kappa shape index (κ2) is 7.89. The average Bonchev–Trinajstić information content (AvgIpc) is 3.01. The number of benzene rings is 2. The van der Waals surface area contributed by atoms with Crippen LogP contribution in [0.25, 0.3) is 6.08 Å². The van der Waals surface area contributed by atoms with Gasteiger partial charge in [-0.3, -0.25) is 10.1 Å². The van der Waals surface area contributed by atoms with Crippen LogP contribution in [0.2, 0.25) is 0 Å². The van der Waals surface area contributed by atoms with Crippen molar-refractivity contribution in [1.29, 1.82) is 0 Å². The van der Waals surface area contributed by atoms with E-state index < -0.39 is 10.9 Å². The van der Waals surface area contributed by atoms with Crippen LogP contribution in [0.3, 0.4) is 0 Å². The van der Waals surface area contributed by atoms with E-state index in [-0.39, 0.29) is 33.9 Å². The largest absolute Gasteiger partial charge is 0.507 e. The predicted molar refractivity (Wildman–Crippen MR) is 124 cm³/mol. The molecule has 0 saturated carbocycles. The first kappa shape index (κ1) is 23.2. The number of phenols is 1. The van der Waals surface area contributed by atoms with E-state index in [4.69, 9.17) is 4.74 Å². The fourth-order valence-corrected chi connectivity index (χ4v) is 3.51. The van der Waals surface area contributed by atoms with Gasteiger partial charge in [-0.05, 0) is 47.6 Å². The lowest BCUT2D eigenvalue weighted by Gasteiger charge is -2.27. The molecule has 0 aromatic heterocycles. The smallest absolute Gasteiger partial charge is 0.363 e. The highest BCUT2D eigenvalue weighted by Crippen LogP contribution is 2.40. The van der Waals surface area contributed by atoms with E-state index in [0.717, 1.165) is 11.1 Å². The molecule has 1 N–H and O–H groups in total. The third-order valence-corrected chi connectivity index (χ3v) is 5.32. The summed E-state index contributed by atoms with van der Waals surface area (Å²) < 4.78 is 5.30. The van der Waals surface area contributed by atoms with Crippen molar-refractivity contribution in [2.45, 2.75) is 59.3 Å². The highest BCUT2D eigenvalue weighted by Gasteiger charge is 2.29. The summed E-state index contributed by atoms with van der Waals surface area (Å²) in [6, 6.07) is 8.26. The molecule has 1 aliphatic heterocycles. The van der Waals surface area contributed by atoms with E-state index in [9.17, 15) is 20.0 Å². The lowest BCUT2D eigenvalue weighted by Crippen LogP contribution is -2.17. The molecule has 2 aromatic rings. The first-order valence-electron chi connectivity index (χ1n) is 10.3. The molecule has 0 radical (unpaired) electrons. The number of phenolic OH excluding ortho intramolecular Hbond substituents is 1. The molecule has 0 unspecified atom stereocenters. The summed E-state index contributed by atoms with van der Waals surface area (Å²) in [5.74, 6) is -0.363. The van der Waals surface area contributed by atoms with Gasteiger partial charge in [-0.2, -0.15) is 0 Å². The number of hydrogen-bond acceptors (Lipinski definition) is 6. The van der Waals surface area contributed by atoms with Crippen LogP contribution in [-0.4, -0.2) is 21.9 Å². The molecule has 7 heteroatoms. The number of aliphatic imine (C=N–C) groups is 1. The molecule has 0 aliphatic carbocycles. The van der Waals surface area contributed by atoms with Crippen molar-refractivity contribution in [3.8, 4) is 5.75 Å². The number of hydrogen-bond donors (Lipinski definition) is 1. The van der Waals surface area contributed by atoms with Crippen molar-refractivity contribution >= 4 is 23.6 Å². The third kappa shape index (κ3) is 4.56. The molecule has 1 heterocycles. The van der Waals surface area contributed by atoms with Crippen LogP contribution in [0.15, 0.2) is 41.0 Å². The number of esters is 1. The van der Waals surface area contributed by atoms with Gasteiger partial charge in [-0.25, -0.2) is 9.79 Å². The SMILES string of the molecule is Cc1ccc(C2=N/C(=C/c3cc(C(C)(C)C)c(O)c(C(C)(C)C)c3)C(=O)O2)cc1[N+](=O)[O-]. The molecule has 0 atom stereocenters. The van der Waals surface area contributed by atoms with Crippen LogP contribution in [0, 0.1) is 17.0 Å². The molecule has 0 amide bonds. The summed E-state index contributed by atoms with van der Waals surface area (Å²) in [5, 5.41) is 22.1. The summed E-state index contributed by atoms with van der Waals surface area (Å²) in [6.07, 6.45) is 1.61. The number of aryl methyl sites for hydroxylation is 1. The van der Waals surface area contributed by atoms with Gasteiger partial charge in [-0.1, -0.05) is 47.6 Å². The van der Waals surface area contributed by atoms with Crippen LogP contribution in [0.1, 0.15) is 69.4 Å². The van der Waals surface area contributed by atoms with E-state index in [1.807, 2.05) is 53.7 Å². The standard InChI is InChI=1S/C25H28N2O5/c1-14-8-9-16(13-20(14)27(30)31)22-26-19(23(29)32-22)12-15-10-17(24(2,3)4)21(28)18(11-15)25(5,6)7/h8-13,28H,1-7H3/b19-12+. The summed E-state index contributed by atoms with van der Waals surface area (Å²) in [7, 11) is 0. The topological polar surface area (TPSA) is 102 Å². The predicted octanol–water partition coefficient (Wildman–Crippen LogP) is 5.55. The maximum absolute atomic E-state index is 12.5. The minimum Gasteiger partial charge on any atom is -0.507 e. The molecule has 32 heavy (non-hydrogen) atoms. The Hall–Kier alpha value is -3.48. The van der Waals surface area contributed by atoms with Crippen LogP contribution < -0.4 is 0 Å². The summed E-state index contributed by atoms with van der Waals surface area (Å²) in [5.41, 5.74) is 2.50. The molecular weight excluding hydrogens is 408 g/mol. The van der Waals surface area contributed by atoms with Crippen molar-refractivity contribution in [3.63, 3.8) is 0 Å². The third-order valence-electron chi connectivity index (χ3n) is 5.32. The lowest BCUT2D eigenvalue weighted by atomic mass is 9.78. The van der Waals surface area contributed by atoms with Crippen molar-refractivity contribution in [1.82, 2.24) is 0 Å². The normalized spacial score (nSPS) is 15.7. The monoisotopic (exact) mass is 436 g/mol. The minimum absolute atomic E-state index is 0.0234. The highest BCUT2D eigenvalue weighted by molar-refractivity contribution is 6.13. The van der Waals surface area contributed by atoms with Crippen LogP contribution >= 0.6 is 0 Å². The molecule has 0 saturated heterocycles. The molecule has 3 rings (SSSR count). The minimum atomic E-state index is -0.633. The fourth-order valence-electron chi connectivity index (χ4n) is 3.51. The number of nitrogens with zero attached hydrogens (tertiary/aromatic N) is 2. The number of nitro benzene ring substituents is 1. The first-order chi connectivity index (χ1) is 14.7. The molecule has 7 nitrogen and oxygen atoms in total. The Morgan fingerprint density at radius 1 is 1.03 bits per heavy atom. The van der Waals surface area contributed by atoms with Gasteiger partial charge in [-0.15, -0.1) is 0 Å². The Bertz CT molecular complexity index is 1140. The maximum Gasteiger partial charge on any atom is 0.363 e. The highest BCUT2D eigenvalue weighted by atomic mass is 16.6. The number of rotatable bonds is 3. The first-order valence-corrected chi connectivity index (χ1v) is 10.3. The van der Waals surface area contributed by atoms with Crippen molar-refractivity contribution in [2.75, 3.05) is 0 Å². The van der Waals surface area contributed by atoms with Gasteiger partial charge >= 0.3 is 5.97 Å². The summed E-state index contributed by atoms with van der Waals surface area (Å²) >= 11 is 0. The van der Waals surface area contributed by atoms with Gasteiger partial charge in [0.15, 0.2) is 5.70 Å². The quantitative estimate of drug-likeness (QED) is 0.294. The molecule has 2 aromatic carbocycles. The molecular formula is C25H28N2O5. The molecule has 0 fully saturated rings. The van der Waals surface area contributed by atoms with Gasteiger partial charge in [0.1, 0.15) is 5.75 Å².